The number of carboxylic acids is 1. The fourth-order valence-electron chi connectivity index (χ4n) is 3.25. The van der Waals surface area contributed by atoms with Gasteiger partial charge >= 0.3 is 5.97 Å². The maximum absolute atomic E-state index is 12.8. The largest absolute Gasteiger partial charge is 0.477 e. The third kappa shape index (κ3) is 4.00. The molecule has 0 fully saturated rings. The van der Waals surface area contributed by atoms with Crippen molar-refractivity contribution in [3.8, 4) is 0 Å². The van der Waals surface area contributed by atoms with Crippen LogP contribution in [-0.4, -0.2) is 26.8 Å². The number of rotatable bonds is 5. The number of allylic oxidation sites excluding steroid dienone is 2. The van der Waals surface area contributed by atoms with Crippen LogP contribution >= 0.6 is 0 Å². The van der Waals surface area contributed by atoms with E-state index in [-0.39, 0.29) is 17.2 Å². The van der Waals surface area contributed by atoms with Gasteiger partial charge in [-0.2, -0.15) is 5.10 Å². The van der Waals surface area contributed by atoms with Gasteiger partial charge in [-0.15, -0.1) is 0 Å². The number of hydrogen-bond acceptors (Lipinski definition) is 4. The predicted octanol–water partition coefficient (Wildman–Crippen LogP) is 4.09. The summed E-state index contributed by atoms with van der Waals surface area (Å²) in [6, 6.07) is 16.7. The lowest BCUT2D eigenvalue weighted by atomic mass is 10.1. The minimum atomic E-state index is -1.11. The molecule has 1 aromatic heterocycles. The Morgan fingerprint density at radius 2 is 1.97 bits per heavy atom. The van der Waals surface area contributed by atoms with Gasteiger partial charge in [0.2, 0.25) is 0 Å². The summed E-state index contributed by atoms with van der Waals surface area (Å²) >= 11 is 0. The Labute approximate surface area is 173 Å². The van der Waals surface area contributed by atoms with Gasteiger partial charge in [0, 0.05) is 5.69 Å². The molecule has 7 heteroatoms. The van der Waals surface area contributed by atoms with E-state index in [1.54, 1.807) is 16.8 Å². The normalized spacial score (nSPS) is 15.2. The van der Waals surface area contributed by atoms with Crippen molar-refractivity contribution in [3.05, 3.63) is 95.3 Å². The molecule has 0 aliphatic carbocycles. The van der Waals surface area contributed by atoms with Crippen LogP contribution in [0.15, 0.2) is 78.6 Å². The number of amides is 1. The number of carboxylic acid groups (broad SMARTS) is 1. The summed E-state index contributed by atoms with van der Waals surface area (Å²) in [7, 11) is 0. The van der Waals surface area contributed by atoms with Gasteiger partial charge in [0.05, 0.1) is 12.2 Å². The standard InChI is InChI=1S/C23H20N4O3/c1-15-6-5-9-17(12-15)25-22(28)19-14-24-27-18(11-10-16-7-3-2-4-8-16)13-20(23(29)30)26-21(19)27/h2-14,18,26H,1H3,(H,25,28)(H,29,30)/b11-10+. The predicted molar refractivity (Wildman–Crippen MR) is 115 cm³/mol. The number of fused-ring (bicyclic) bond motifs is 1. The first kappa shape index (κ1) is 19.2. The number of carbonyl (C=O) groups excluding carboxylic acids is 1. The van der Waals surface area contributed by atoms with Crippen LogP contribution in [0.2, 0.25) is 0 Å². The number of aromatic nitrogens is 2. The smallest absolute Gasteiger partial charge is 0.352 e. The topological polar surface area (TPSA) is 96.3 Å². The highest BCUT2D eigenvalue weighted by molar-refractivity contribution is 6.08. The van der Waals surface area contributed by atoms with Crippen LogP contribution in [0.4, 0.5) is 11.5 Å². The monoisotopic (exact) mass is 400 g/mol. The number of benzene rings is 2. The molecule has 1 atom stereocenters. The zero-order valence-corrected chi connectivity index (χ0v) is 16.2. The number of aryl methyl sites for hydroxylation is 1. The second-order valence-corrected chi connectivity index (χ2v) is 6.95. The van der Waals surface area contributed by atoms with Gasteiger partial charge in [-0.05, 0) is 36.3 Å². The Morgan fingerprint density at radius 3 is 2.70 bits per heavy atom. The van der Waals surface area contributed by atoms with Crippen molar-refractivity contribution >= 4 is 29.5 Å². The molecular weight excluding hydrogens is 380 g/mol. The van der Waals surface area contributed by atoms with Crippen molar-refractivity contribution < 1.29 is 14.7 Å². The Balaban J connectivity index is 1.65. The van der Waals surface area contributed by atoms with Crippen molar-refractivity contribution in [2.24, 2.45) is 0 Å². The molecule has 3 N–H and O–H groups in total. The first-order valence-electron chi connectivity index (χ1n) is 9.42. The van der Waals surface area contributed by atoms with Gasteiger partial charge in [0.1, 0.15) is 17.1 Å². The highest BCUT2D eigenvalue weighted by Gasteiger charge is 2.27. The fraction of sp³-hybridized carbons (Fsp3) is 0.0870. The number of carbonyl (C=O) groups is 2. The molecule has 1 unspecified atom stereocenters. The molecule has 0 spiro atoms. The Morgan fingerprint density at radius 1 is 1.17 bits per heavy atom. The van der Waals surface area contributed by atoms with Gasteiger partial charge in [0.15, 0.2) is 0 Å². The minimum absolute atomic E-state index is 0.00434. The number of aliphatic carboxylic acids is 1. The molecule has 7 nitrogen and oxygen atoms in total. The van der Waals surface area contributed by atoms with E-state index >= 15 is 0 Å². The van der Waals surface area contributed by atoms with E-state index in [1.807, 2.05) is 67.6 Å². The number of anilines is 2. The first-order chi connectivity index (χ1) is 14.5. The molecule has 1 aliphatic heterocycles. The summed E-state index contributed by atoms with van der Waals surface area (Å²) in [4.78, 5) is 24.5. The number of nitrogens with one attached hydrogen (secondary N) is 2. The number of nitrogens with zero attached hydrogens (tertiary/aromatic N) is 2. The Hall–Kier alpha value is -4.13. The lowest BCUT2D eigenvalue weighted by molar-refractivity contribution is -0.132. The van der Waals surface area contributed by atoms with Crippen LogP contribution in [0, 0.1) is 6.92 Å². The van der Waals surface area contributed by atoms with E-state index in [2.05, 4.69) is 15.7 Å². The van der Waals surface area contributed by atoms with Crippen LogP contribution in [0.25, 0.3) is 6.08 Å². The van der Waals surface area contributed by atoms with E-state index in [0.29, 0.717) is 11.5 Å². The molecule has 4 rings (SSSR count). The highest BCUT2D eigenvalue weighted by Crippen LogP contribution is 2.29. The third-order valence-corrected chi connectivity index (χ3v) is 4.70. The van der Waals surface area contributed by atoms with Crippen LogP contribution < -0.4 is 10.6 Å². The summed E-state index contributed by atoms with van der Waals surface area (Å²) in [5.74, 6) is -1.14. The Bertz CT molecular complexity index is 1160. The minimum Gasteiger partial charge on any atom is -0.477 e. The summed E-state index contributed by atoms with van der Waals surface area (Å²) < 4.78 is 1.59. The van der Waals surface area contributed by atoms with Gasteiger partial charge in [-0.25, -0.2) is 9.48 Å². The molecule has 3 aromatic rings. The molecule has 1 amide bonds. The second-order valence-electron chi connectivity index (χ2n) is 6.95. The van der Waals surface area contributed by atoms with E-state index in [9.17, 15) is 14.7 Å². The van der Waals surface area contributed by atoms with Crippen LogP contribution in [0.1, 0.15) is 27.5 Å². The zero-order valence-electron chi connectivity index (χ0n) is 16.2. The van der Waals surface area contributed by atoms with E-state index in [4.69, 9.17) is 0 Å². The summed E-state index contributed by atoms with van der Waals surface area (Å²) in [5, 5.41) is 19.5. The Kier molecular flexibility index (Phi) is 5.17. The van der Waals surface area contributed by atoms with Crippen molar-refractivity contribution in [2.75, 3.05) is 10.6 Å². The molecular formula is C23H20N4O3. The first-order valence-corrected chi connectivity index (χ1v) is 9.42. The molecule has 2 aromatic carbocycles. The number of hydrogen-bond donors (Lipinski definition) is 3. The lowest BCUT2D eigenvalue weighted by Gasteiger charge is -2.22. The van der Waals surface area contributed by atoms with E-state index in [1.165, 1.54) is 6.20 Å². The summed E-state index contributed by atoms with van der Waals surface area (Å²) in [5.41, 5.74) is 2.92. The highest BCUT2D eigenvalue weighted by atomic mass is 16.4. The van der Waals surface area contributed by atoms with Gasteiger partial charge in [-0.3, -0.25) is 4.79 Å². The molecule has 150 valence electrons. The van der Waals surface area contributed by atoms with E-state index in [0.717, 1.165) is 11.1 Å². The summed E-state index contributed by atoms with van der Waals surface area (Å²) in [6.07, 6.45) is 6.74. The van der Waals surface area contributed by atoms with Crippen molar-refractivity contribution in [1.29, 1.82) is 0 Å². The molecule has 0 radical (unpaired) electrons. The van der Waals surface area contributed by atoms with Crippen molar-refractivity contribution in [1.82, 2.24) is 9.78 Å². The maximum atomic E-state index is 12.8. The average Bonchev–Trinajstić information content (AvgIpc) is 3.17. The SMILES string of the molecule is Cc1cccc(NC(=O)c2cnn3c2NC(C(=O)O)=CC3/C=C/c2ccccc2)c1. The quantitative estimate of drug-likeness (QED) is 0.599. The van der Waals surface area contributed by atoms with Crippen LogP contribution in [-0.2, 0) is 4.79 Å². The fourth-order valence-corrected chi connectivity index (χ4v) is 3.25. The van der Waals surface area contributed by atoms with E-state index < -0.39 is 12.0 Å². The molecule has 0 bridgehead atoms. The zero-order chi connectivity index (χ0) is 21.1. The second kappa shape index (κ2) is 8.08. The third-order valence-electron chi connectivity index (χ3n) is 4.70. The van der Waals surface area contributed by atoms with Crippen molar-refractivity contribution in [3.63, 3.8) is 0 Å². The molecule has 0 saturated heterocycles. The maximum Gasteiger partial charge on any atom is 0.352 e. The lowest BCUT2D eigenvalue weighted by Crippen LogP contribution is -2.24. The average molecular weight is 400 g/mol. The molecule has 1 aliphatic rings. The van der Waals surface area contributed by atoms with Crippen LogP contribution in [0.3, 0.4) is 0 Å². The molecule has 30 heavy (non-hydrogen) atoms. The van der Waals surface area contributed by atoms with Gasteiger partial charge < -0.3 is 15.7 Å². The van der Waals surface area contributed by atoms with Gasteiger partial charge in [0.25, 0.3) is 5.91 Å². The summed E-state index contributed by atoms with van der Waals surface area (Å²) in [6.45, 7) is 1.94. The van der Waals surface area contributed by atoms with Gasteiger partial charge in [-0.1, -0.05) is 54.6 Å². The van der Waals surface area contributed by atoms with Crippen LogP contribution in [0.5, 0.6) is 0 Å². The molecule has 2 heterocycles. The van der Waals surface area contributed by atoms with Crippen molar-refractivity contribution in [2.45, 2.75) is 13.0 Å². The molecule has 0 saturated carbocycles.